The van der Waals surface area contributed by atoms with Gasteiger partial charge in [-0.2, -0.15) is 0 Å². The average Bonchev–Trinajstić information content (AvgIpc) is 2.85. The van der Waals surface area contributed by atoms with Crippen molar-refractivity contribution in [3.8, 4) is 0 Å². The highest BCUT2D eigenvalue weighted by atomic mass is 16.5. The Bertz CT molecular complexity index is 759. The molecule has 0 aromatic heterocycles. The van der Waals surface area contributed by atoms with Crippen molar-refractivity contribution in [3.63, 3.8) is 0 Å². The molecule has 1 aliphatic rings. The van der Waals surface area contributed by atoms with Gasteiger partial charge in [-0.1, -0.05) is 77.3 Å². The second-order valence-corrected chi connectivity index (χ2v) is 10.2. The lowest BCUT2D eigenvalue weighted by molar-refractivity contribution is -0.150. The van der Waals surface area contributed by atoms with E-state index < -0.39 is 12.6 Å². The minimum atomic E-state index is -0.622. The quantitative estimate of drug-likeness (QED) is 0.204. The number of aliphatic hydroxyl groups excluding tert-OH is 1. The zero-order valence-corrected chi connectivity index (χ0v) is 21.4. The standard InChI is InChI=1S/C29H44O5/c1-5-6-7-8-23-9-13-26(14-10-23)27-15-11-24(12-16-27)17-25(19-33-28(31)21(2)3)20-34-29(32)22(4)18-30/h11-12,15-16,21,23,25-26,30H,4-10,13-14,17-20H2,1-3H3. The van der Waals surface area contributed by atoms with Gasteiger partial charge >= 0.3 is 11.9 Å². The Hall–Kier alpha value is -2.14. The van der Waals surface area contributed by atoms with Gasteiger partial charge in [0.25, 0.3) is 0 Å². The molecule has 1 aromatic carbocycles. The number of hydrogen-bond donors (Lipinski definition) is 1. The molecule has 0 spiro atoms. The maximum atomic E-state index is 11.9. The molecule has 1 fully saturated rings. The second-order valence-electron chi connectivity index (χ2n) is 10.2. The van der Waals surface area contributed by atoms with Crippen LogP contribution in [-0.2, 0) is 25.5 Å². The van der Waals surface area contributed by atoms with Crippen molar-refractivity contribution < 1.29 is 24.2 Å². The maximum absolute atomic E-state index is 11.9. The lowest BCUT2D eigenvalue weighted by Crippen LogP contribution is -2.25. The van der Waals surface area contributed by atoms with Crippen molar-refractivity contribution in [2.45, 2.75) is 84.5 Å². The van der Waals surface area contributed by atoms with E-state index in [1.54, 1.807) is 13.8 Å². The Labute approximate surface area is 205 Å². The summed E-state index contributed by atoms with van der Waals surface area (Å²) in [6.07, 6.45) is 11.3. The molecule has 1 unspecified atom stereocenters. The van der Waals surface area contributed by atoms with E-state index in [4.69, 9.17) is 14.6 Å². The Morgan fingerprint density at radius 3 is 2.26 bits per heavy atom. The molecular formula is C29H44O5. The predicted molar refractivity (Wildman–Crippen MR) is 135 cm³/mol. The maximum Gasteiger partial charge on any atom is 0.335 e. The summed E-state index contributed by atoms with van der Waals surface area (Å²) in [5.74, 6) is 0.284. The van der Waals surface area contributed by atoms with Crippen LogP contribution in [0.2, 0.25) is 0 Å². The van der Waals surface area contributed by atoms with Crippen LogP contribution in [0.1, 0.15) is 89.2 Å². The first kappa shape index (κ1) is 28.1. The molecule has 34 heavy (non-hydrogen) atoms. The summed E-state index contributed by atoms with van der Waals surface area (Å²) < 4.78 is 10.7. The van der Waals surface area contributed by atoms with Crippen LogP contribution in [0.4, 0.5) is 0 Å². The van der Waals surface area contributed by atoms with Gasteiger partial charge in [-0.25, -0.2) is 4.79 Å². The van der Waals surface area contributed by atoms with Crippen LogP contribution in [0.3, 0.4) is 0 Å². The van der Waals surface area contributed by atoms with Gasteiger partial charge in [0.05, 0.1) is 31.3 Å². The molecule has 0 amide bonds. The molecule has 0 bridgehead atoms. The minimum absolute atomic E-state index is 0.0161. The Morgan fingerprint density at radius 1 is 1.03 bits per heavy atom. The minimum Gasteiger partial charge on any atom is -0.465 e. The highest BCUT2D eigenvalue weighted by Gasteiger charge is 2.23. The van der Waals surface area contributed by atoms with Crippen LogP contribution in [0.25, 0.3) is 0 Å². The molecule has 0 aliphatic heterocycles. The molecule has 0 radical (unpaired) electrons. The van der Waals surface area contributed by atoms with Crippen molar-refractivity contribution in [1.29, 1.82) is 0 Å². The summed E-state index contributed by atoms with van der Waals surface area (Å²) in [6, 6.07) is 8.76. The fourth-order valence-corrected chi connectivity index (χ4v) is 4.62. The summed E-state index contributed by atoms with van der Waals surface area (Å²) >= 11 is 0. The van der Waals surface area contributed by atoms with Crippen LogP contribution < -0.4 is 0 Å². The van der Waals surface area contributed by atoms with Crippen molar-refractivity contribution in [2.75, 3.05) is 19.8 Å². The van der Waals surface area contributed by atoms with Gasteiger partial charge in [0.1, 0.15) is 0 Å². The number of aliphatic hydroxyl groups is 1. The van der Waals surface area contributed by atoms with Gasteiger partial charge in [0, 0.05) is 5.92 Å². The smallest absolute Gasteiger partial charge is 0.335 e. The van der Waals surface area contributed by atoms with E-state index in [0.29, 0.717) is 12.3 Å². The van der Waals surface area contributed by atoms with Crippen molar-refractivity contribution in [2.24, 2.45) is 17.8 Å². The number of hydrogen-bond acceptors (Lipinski definition) is 5. The van der Waals surface area contributed by atoms with E-state index >= 15 is 0 Å². The summed E-state index contributed by atoms with van der Waals surface area (Å²) in [5.41, 5.74) is 2.55. The predicted octanol–water partition coefficient (Wildman–Crippen LogP) is 5.99. The Kier molecular flexibility index (Phi) is 12.4. The van der Waals surface area contributed by atoms with Crippen LogP contribution in [0.5, 0.6) is 0 Å². The number of carbonyl (C=O) groups is 2. The van der Waals surface area contributed by atoms with Gasteiger partial charge in [-0.05, 0) is 55.1 Å². The number of benzene rings is 1. The monoisotopic (exact) mass is 472 g/mol. The molecule has 1 saturated carbocycles. The SMILES string of the molecule is C=C(CO)C(=O)OCC(COC(=O)C(C)C)Cc1ccc(C2CCC(CCCCC)CC2)cc1. The largest absolute Gasteiger partial charge is 0.465 e. The zero-order valence-electron chi connectivity index (χ0n) is 21.4. The first-order valence-corrected chi connectivity index (χ1v) is 13.0. The Morgan fingerprint density at radius 2 is 1.68 bits per heavy atom. The fourth-order valence-electron chi connectivity index (χ4n) is 4.62. The van der Waals surface area contributed by atoms with E-state index in [2.05, 4.69) is 37.8 Å². The molecule has 1 aromatic rings. The molecule has 1 aliphatic carbocycles. The van der Waals surface area contributed by atoms with E-state index in [1.807, 2.05) is 0 Å². The molecule has 1 atom stereocenters. The molecule has 5 nitrogen and oxygen atoms in total. The van der Waals surface area contributed by atoms with Gasteiger partial charge < -0.3 is 14.6 Å². The van der Waals surface area contributed by atoms with E-state index in [-0.39, 0.29) is 36.6 Å². The molecular weight excluding hydrogens is 428 g/mol. The summed E-state index contributed by atoms with van der Waals surface area (Å²) in [6.45, 7) is 9.20. The normalized spacial score (nSPS) is 19.0. The highest BCUT2D eigenvalue weighted by molar-refractivity contribution is 5.87. The molecule has 0 saturated heterocycles. The van der Waals surface area contributed by atoms with E-state index in [9.17, 15) is 9.59 Å². The van der Waals surface area contributed by atoms with Crippen LogP contribution in [0.15, 0.2) is 36.4 Å². The Balaban J connectivity index is 1.91. The van der Waals surface area contributed by atoms with Crippen molar-refractivity contribution >= 4 is 11.9 Å². The molecule has 0 heterocycles. The fraction of sp³-hybridized carbons (Fsp3) is 0.655. The number of unbranched alkanes of at least 4 members (excludes halogenated alkanes) is 2. The third-order valence-corrected chi connectivity index (χ3v) is 6.90. The number of ether oxygens (including phenoxy) is 2. The van der Waals surface area contributed by atoms with Gasteiger partial charge in [-0.15, -0.1) is 0 Å². The zero-order chi connectivity index (χ0) is 24.9. The highest BCUT2D eigenvalue weighted by Crippen LogP contribution is 2.37. The van der Waals surface area contributed by atoms with Crippen molar-refractivity contribution in [3.05, 3.63) is 47.5 Å². The first-order chi connectivity index (χ1) is 16.3. The third-order valence-electron chi connectivity index (χ3n) is 6.90. The van der Waals surface area contributed by atoms with E-state index in [0.717, 1.165) is 11.5 Å². The number of carbonyl (C=O) groups excluding carboxylic acids is 2. The summed E-state index contributed by atoms with van der Waals surface area (Å²) in [7, 11) is 0. The van der Waals surface area contributed by atoms with Crippen molar-refractivity contribution in [1.82, 2.24) is 0 Å². The summed E-state index contributed by atoms with van der Waals surface area (Å²) in [4.78, 5) is 23.8. The van der Waals surface area contributed by atoms with E-state index in [1.165, 1.54) is 56.9 Å². The molecule has 2 rings (SSSR count). The molecule has 190 valence electrons. The van der Waals surface area contributed by atoms with Crippen LogP contribution in [0, 0.1) is 17.8 Å². The third kappa shape index (κ3) is 9.61. The number of esters is 2. The van der Waals surface area contributed by atoms with Gasteiger partial charge in [0.2, 0.25) is 0 Å². The second kappa shape index (κ2) is 15.0. The number of rotatable bonds is 14. The molecule has 1 N–H and O–H groups in total. The average molecular weight is 473 g/mol. The lowest BCUT2D eigenvalue weighted by Gasteiger charge is -2.29. The first-order valence-electron chi connectivity index (χ1n) is 13.0. The molecule has 5 heteroatoms. The van der Waals surface area contributed by atoms with Gasteiger partial charge in [0.15, 0.2) is 0 Å². The lowest BCUT2D eigenvalue weighted by atomic mass is 9.77. The summed E-state index contributed by atoms with van der Waals surface area (Å²) in [5, 5.41) is 9.07. The van der Waals surface area contributed by atoms with Crippen LogP contribution in [-0.4, -0.2) is 36.9 Å². The van der Waals surface area contributed by atoms with Crippen LogP contribution >= 0.6 is 0 Å². The van der Waals surface area contributed by atoms with Gasteiger partial charge in [-0.3, -0.25) is 4.79 Å². The topological polar surface area (TPSA) is 72.8 Å².